The number of hydrogen-bond donors (Lipinski definition) is 2. The minimum atomic E-state index is 0.181. The van der Waals surface area contributed by atoms with Crippen molar-refractivity contribution in [1.29, 1.82) is 0 Å². The highest BCUT2D eigenvalue weighted by atomic mass is 16.2. The lowest BCUT2D eigenvalue weighted by molar-refractivity contribution is -0.120. The van der Waals surface area contributed by atoms with E-state index >= 15 is 0 Å². The molecule has 2 aromatic carbocycles. The van der Waals surface area contributed by atoms with Crippen molar-refractivity contribution in [2.24, 2.45) is 5.92 Å². The van der Waals surface area contributed by atoms with Gasteiger partial charge in [0, 0.05) is 62.5 Å². The Morgan fingerprint density at radius 2 is 1.67 bits per heavy atom. The number of amides is 1. The number of piperidine rings is 1. The molecule has 158 valence electrons. The van der Waals surface area contributed by atoms with Gasteiger partial charge in [0.15, 0.2) is 0 Å². The number of benzene rings is 2. The standard InChI is InChI=1S/C24H31N5O/c1-17-5-3-4-6-22(17)29-16-20-21(15-23(29)30)25-26-24(20)18-7-9-19(10-8-18)28-13-11-27(2)12-14-28/h3-10,20-21,24-26H,11-16H2,1-2H3. The Bertz CT molecular complexity index is 906. The molecule has 0 saturated carbocycles. The molecule has 1 amide bonds. The third-order valence-electron chi connectivity index (χ3n) is 6.99. The molecule has 0 radical (unpaired) electrons. The Hall–Kier alpha value is -2.41. The fourth-order valence-electron chi connectivity index (χ4n) is 5.08. The number of para-hydroxylation sites is 1. The summed E-state index contributed by atoms with van der Waals surface area (Å²) in [6.45, 7) is 7.20. The minimum absolute atomic E-state index is 0.181. The zero-order chi connectivity index (χ0) is 20.7. The van der Waals surface area contributed by atoms with Gasteiger partial charge in [-0.15, -0.1) is 0 Å². The molecule has 3 atom stereocenters. The summed E-state index contributed by atoms with van der Waals surface area (Å²) in [5.41, 5.74) is 11.6. The van der Waals surface area contributed by atoms with Gasteiger partial charge in [0.1, 0.15) is 0 Å². The van der Waals surface area contributed by atoms with E-state index in [1.54, 1.807) is 0 Å². The van der Waals surface area contributed by atoms with Gasteiger partial charge < -0.3 is 14.7 Å². The number of carbonyl (C=O) groups excluding carboxylic acids is 1. The van der Waals surface area contributed by atoms with Crippen molar-refractivity contribution in [3.63, 3.8) is 0 Å². The molecule has 0 spiro atoms. The summed E-state index contributed by atoms with van der Waals surface area (Å²) in [4.78, 5) is 19.7. The Kier molecular flexibility index (Phi) is 5.23. The quantitative estimate of drug-likeness (QED) is 0.821. The summed E-state index contributed by atoms with van der Waals surface area (Å²) in [6.07, 6.45) is 0.530. The predicted molar refractivity (Wildman–Crippen MR) is 121 cm³/mol. The number of likely N-dealkylation sites (N-methyl/N-ethyl adjacent to an activating group) is 1. The first kappa shape index (κ1) is 19.5. The SMILES string of the molecule is Cc1ccccc1N1CC2C(CC1=O)NNC2c1ccc(N2CCN(C)CC2)cc1. The lowest BCUT2D eigenvalue weighted by Crippen LogP contribution is -2.49. The Balaban J connectivity index is 1.33. The summed E-state index contributed by atoms with van der Waals surface area (Å²) >= 11 is 0. The molecular weight excluding hydrogens is 374 g/mol. The molecule has 3 aliphatic rings. The first-order chi connectivity index (χ1) is 14.6. The molecular formula is C24H31N5O. The van der Waals surface area contributed by atoms with Gasteiger partial charge in [-0.1, -0.05) is 30.3 Å². The maximum absolute atomic E-state index is 12.8. The second kappa shape index (κ2) is 8.02. The van der Waals surface area contributed by atoms with E-state index in [0.717, 1.165) is 44.0 Å². The average molecular weight is 406 g/mol. The van der Waals surface area contributed by atoms with E-state index in [2.05, 4.69) is 71.0 Å². The third kappa shape index (κ3) is 3.60. The molecule has 3 fully saturated rings. The number of hydrogen-bond acceptors (Lipinski definition) is 5. The summed E-state index contributed by atoms with van der Waals surface area (Å²) in [7, 11) is 2.19. The van der Waals surface area contributed by atoms with Crippen molar-refractivity contribution in [2.45, 2.75) is 25.4 Å². The second-order valence-corrected chi connectivity index (χ2v) is 8.91. The highest BCUT2D eigenvalue weighted by Crippen LogP contribution is 2.37. The normalized spacial score (nSPS) is 27.4. The van der Waals surface area contributed by atoms with Gasteiger partial charge >= 0.3 is 0 Å². The summed E-state index contributed by atoms with van der Waals surface area (Å²) in [5.74, 6) is 0.544. The van der Waals surface area contributed by atoms with Crippen LogP contribution in [0, 0.1) is 12.8 Å². The topological polar surface area (TPSA) is 50.9 Å². The van der Waals surface area contributed by atoms with Crippen LogP contribution in [0.2, 0.25) is 0 Å². The highest BCUT2D eigenvalue weighted by Gasteiger charge is 2.44. The molecule has 30 heavy (non-hydrogen) atoms. The molecule has 6 nitrogen and oxygen atoms in total. The van der Waals surface area contributed by atoms with Crippen LogP contribution in [0.1, 0.15) is 23.6 Å². The predicted octanol–water partition coefficient (Wildman–Crippen LogP) is 2.32. The zero-order valence-corrected chi connectivity index (χ0v) is 17.8. The summed E-state index contributed by atoms with van der Waals surface area (Å²) < 4.78 is 0. The summed E-state index contributed by atoms with van der Waals surface area (Å²) in [5, 5.41) is 0. The lowest BCUT2D eigenvalue weighted by Gasteiger charge is -2.37. The molecule has 0 aliphatic carbocycles. The Morgan fingerprint density at radius 3 is 2.40 bits per heavy atom. The van der Waals surface area contributed by atoms with Gasteiger partial charge in [-0.3, -0.25) is 10.2 Å². The smallest absolute Gasteiger partial charge is 0.228 e. The third-order valence-corrected chi connectivity index (χ3v) is 6.99. The Labute approximate surface area is 178 Å². The van der Waals surface area contributed by atoms with Gasteiger partial charge in [-0.25, -0.2) is 5.43 Å². The fraction of sp³-hybridized carbons (Fsp3) is 0.458. The van der Waals surface area contributed by atoms with Crippen LogP contribution in [0.25, 0.3) is 0 Å². The van der Waals surface area contributed by atoms with Crippen LogP contribution in [0.5, 0.6) is 0 Å². The van der Waals surface area contributed by atoms with E-state index in [0.29, 0.717) is 12.3 Å². The van der Waals surface area contributed by atoms with Crippen molar-refractivity contribution in [3.05, 3.63) is 59.7 Å². The number of nitrogens with zero attached hydrogens (tertiary/aromatic N) is 3. The number of rotatable bonds is 3. The van der Waals surface area contributed by atoms with Crippen LogP contribution in [0.15, 0.2) is 48.5 Å². The van der Waals surface area contributed by atoms with Gasteiger partial charge in [-0.2, -0.15) is 0 Å². The second-order valence-electron chi connectivity index (χ2n) is 8.91. The molecule has 5 rings (SSSR count). The van der Waals surface area contributed by atoms with Crippen LogP contribution in [0.3, 0.4) is 0 Å². The zero-order valence-electron chi connectivity index (χ0n) is 17.8. The molecule has 0 aromatic heterocycles. The first-order valence-electron chi connectivity index (χ1n) is 11.0. The Morgan fingerprint density at radius 1 is 0.933 bits per heavy atom. The molecule has 0 bridgehead atoms. The van der Waals surface area contributed by atoms with Crippen LogP contribution in [-0.2, 0) is 4.79 Å². The molecule has 2 N–H and O–H groups in total. The average Bonchev–Trinajstić information content (AvgIpc) is 3.17. The molecule has 3 saturated heterocycles. The number of fused-ring (bicyclic) bond motifs is 1. The van der Waals surface area contributed by atoms with Gasteiger partial charge in [0.25, 0.3) is 0 Å². The first-order valence-corrected chi connectivity index (χ1v) is 11.0. The van der Waals surface area contributed by atoms with E-state index in [1.807, 2.05) is 17.0 Å². The van der Waals surface area contributed by atoms with E-state index in [1.165, 1.54) is 11.3 Å². The monoisotopic (exact) mass is 405 g/mol. The summed E-state index contributed by atoms with van der Waals surface area (Å²) in [6, 6.07) is 17.6. The molecule has 3 unspecified atom stereocenters. The number of nitrogens with one attached hydrogen (secondary N) is 2. The molecule has 6 heteroatoms. The van der Waals surface area contributed by atoms with Crippen molar-refractivity contribution >= 4 is 17.3 Å². The van der Waals surface area contributed by atoms with Gasteiger partial charge in [0.2, 0.25) is 5.91 Å². The van der Waals surface area contributed by atoms with Crippen LogP contribution < -0.4 is 20.7 Å². The number of carbonyl (C=O) groups is 1. The maximum atomic E-state index is 12.8. The van der Waals surface area contributed by atoms with E-state index < -0.39 is 0 Å². The largest absolute Gasteiger partial charge is 0.369 e. The molecule has 2 aromatic rings. The number of hydrazine groups is 1. The van der Waals surface area contributed by atoms with Crippen LogP contribution in [-0.4, -0.2) is 56.6 Å². The van der Waals surface area contributed by atoms with Gasteiger partial charge in [0.05, 0.1) is 6.04 Å². The number of piperazine rings is 1. The lowest BCUT2D eigenvalue weighted by atomic mass is 9.84. The number of aryl methyl sites for hydroxylation is 1. The number of anilines is 2. The van der Waals surface area contributed by atoms with Crippen LogP contribution in [0.4, 0.5) is 11.4 Å². The molecule has 3 aliphatic heterocycles. The van der Waals surface area contributed by atoms with Crippen molar-refractivity contribution in [2.75, 3.05) is 49.6 Å². The fourth-order valence-corrected chi connectivity index (χ4v) is 5.08. The van der Waals surface area contributed by atoms with Gasteiger partial charge in [-0.05, 0) is 43.3 Å². The highest BCUT2D eigenvalue weighted by molar-refractivity contribution is 5.95. The maximum Gasteiger partial charge on any atom is 0.228 e. The van der Waals surface area contributed by atoms with Crippen LogP contribution >= 0.6 is 0 Å². The van der Waals surface area contributed by atoms with E-state index in [-0.39, 0.29) is 18.0 Å². The minimum Gasteiger partial charge on any atom is -0.369 e. The van der Waals surface area contributed by atoms with Crippen molar-refractivity contribution in [3.8, 4) is 0 Å². The van der Waals surface area contributed by atoms with Crippen molar-refractivity contribution in [1.82, 2.24) is 15.8 Å². The van der Waals surface area contributed by atoms with Crippen molar-refractivity contribution < 1.29 is 4.79 Å². The van der Waals surface area contributed by atoms with E-state index in [4.69, 9.17) is 0 Å². The van der Waals surface area contributed by atoms with E-state index in [9.17, 15) is 4.79 Å². The molecule has 3 heterocycles.